The molecule has 4 aromatic rings. The Balaban J connectivity index is 1.43. The van der Waals surface area contributed by atoms with Crippen molar-refractivity contribution in [1.29, 1.82) is 0 Å². The van der Waals surface area contributed by atoms with Crippen molar-refractivity contribution in [3.63, 3.8) is 0 Å². The lowest BCUT2D eigenvalue weighted by Gasteiger charge is -2.27. The first-order chi connectivity index (χ1) is 21.5. The zero-order valence-corrected chi connectivity index (χ0v) is 27.4. The van der Waals surface area contributed by atoms with E-state index < -0.39 is 5.60 Å². The maximum absolute atomic E-state index is 12.5. The number of esters is 1. The van der Waals surface area contributed by atoms with Gasteiger partial charge in [-0.3, -0.25) is 9.89 Å². The number of aliphatic imine (C=N–C) groups is 1. The van der Waals surface area contributed by atoms with E-state index >= 15 is 0 Å². The smallest absolute Gasteiger partial charge is 0.349 e. The van der Waals surface area contributed by atoms with Crippen LogP contribution in [0.1, 0.15) is 67.8 Å². The number of rotatable bonds is 12. The van der Waals surface area contributed by atoms with Crippen LogP contribution in [0.2, 0.25) is 0 Å². The summed E-state index contributed by atoms with van der Waals surface area (Å²) in [6, 6.07) is 24.6. The third-order valence-corrected chi connectivity index (χ3v) is 8.01. The number of ether oxygens (including phenoxy) is 2. The highest BCUT2D eigenvalue weighted by Crippen LogP contribution is 2.31. The van der Waals surface area contributed by atoms with Gasteiger partial charge in [0.2, 0.25) is 5.89 Å². The number of carbonyl (C=O) groups excluding carboxylic acids is 1. The Kier molecular flexibility index (Phi) is 9.68. The molecule has 0 fully saturated rings. The van der Waals surface area contributed by atoms with E-state index in [0.29, 0.717) is 37.9 Å². The second-order valence-electron chi connectivity index (χ2n) is 12.3. The Morgan fingerprint density at radius 1 is 0.889 bits per heavy atom. The van der Waals surface area contributed by atoms with Gasteiger partial charge in [0.25, 0.3) is 0 Å². The van der Waals surface area contributed by atoms with Gasteiger partial charge in [0.1, 0.15) is 11.5 Å². The second kappa shape index (κ2) is 13.7. The van der Waals surface area contributed by atoms with Crippen LogP contribution < -0.4 is 4.74 Å². The SMILES string of the molecule is CCOC(=O)C(C)(C)Oc1c(C)cc(CN(CC2=C(C)CC(c3ccccc3)=N2)Cc2nc(-c3ccccc3)oc2C)cc1C. The molecule has 0 aliphatic carbocycles. The van der Waals surface area contributed by atoms with Gasteiger partial charge in [-0.1, -0.05) is 60.7 Å². The Morgan fingerprint density at radius 3 is 2.13 bits per heavy atom. The molecule has 45 heavy (non-hydrogen) atoms. The van der Waals surface area contributed by atoms with Gasteiger partial charge in [0, 0.05) is 31.6 Å². The van der Waals surface area contributed by atoms with E-state index in [1.165, 1.54) is 5.57 Å². The molecule has 1 aliphatic heterocycles. The van der Waals surface area contributed by atoms with Crippen molar-refractivity contribution in [3.05, 3.63) is 118 Å². The first-order valence-electron chi connectivity index (χ1n) is 15.6. The number of oxazole rings is 1. The molecule has 7 heteroatoms. The standard InChI is InChI=1S/C38H43N3O4/c1-8-43-37(42)38(6,7)45-35-26(3)19-29(20-27(35)4)22-41(23-33-25(2)21-32(39-33)30-15-11-9-12-16-30)24-34-28(5)44-36(40-34)31-17-13-10-14-18-31/h9-20H,8,21-24H2,1-7H3. The molecule has 1 aromatic heterocycles. The van der Waals surface area contributed by atoms with E-state index in [9.17, 15) is 4.79 Å². The summed E-state index contributed by atoms with van der Waals surface area (Å²) in [5.41, 5.74) is 8.45. The molecule has 0 atom stereocenters. The van der Waals surface area contributed by atoms with Crippen LogP contribution in [0.15, 0.2) is 93.5 Å². The van der Waals surface area contributed by atoms with E-state index in [1.54, 1.807) is 20.8 Å². The van der Waals surface area contributed by atoms with Crippen LogP contribution in [-0.4, -0.2) is 40.3 Å². The first kappa shape index (κ1) is 31.9. The summed E-state index contributed by atoms with van der Waals surface area (Å²) >= 11 is 0. The van der Waals surface area contributed by atoms with E-state index in [2.05, 4.69) is 48.2 Å². The zero-order chi connectivity index (χ0) is 32.1. The van der Waals surface area contributed by atoms with Crippen LogP contribution in [0.3, 0.4) is 0 Å². The fourth-order valence-electron chi connectivity index (χ4n) is 5.64. The lowest BCUT2D eigenvalue weighted by atomic mass is 10.0. The number of hydrogen-bond acceptors (Lipinski definition) is 7. The van der Waals surface area contributed by atoms with Crippen LogP contribution in [-0.2, 0) is 22.6 Å². The van der Waals surface area contributed by atoms with E-state index in [-0.39, 0.29) is 5.97 Å². The van der Waals surface area contributed by atoms with Crippen molar-refractivity contribution < 1.29 is 18.7 Å². The monoisotopic (exact) mass is 605 g/mol. The molecular formula is C38H43N3O4. The molecule has 7 nitrogen and oxygen atoms in total. The minimum atomic E-state index is -1.10. The van der Waals surface area contributed by atoms with E-state index in [1.807, 2.05) is 57.2 Å². The normalized spacial score (nSPS) is 13.4. The molecule has 3 aromatic carbocycles. The molecule has 0 saturated carbocycles. The van der Waals surface area contributed by atoms with Gasteiger partial charge >= 0.3 is 5.97 Å². The number of allylic oxidation sites excluding steroid dienone is 1. The maximum Gasteiger partial charge on any atom is 0.349 e. The molecule has 0 N–H and O–H groups in total. The number of aryl methyl sites for hydroxylation is 3. The number of hydrogen-bond donors (Lipinski definition) is 0. The third-order valence-electron chi connectivity index (χ3n) is 8.01. The predicted molar refractivity (Wildman–Crippen MR) is 178 cm³/mol. The lowest BCUT2D eigenvalue weighted by Crippen LogP contribution is -2.40. The van der Waals surface area contributed by atoms with Crippen molar-refractivity contribution in [2.24, 2.45) is 4.99 Å². The van der Waals surface area contributed by atoms with Crippen LogP contribution in [0.25, 0.3) is 11.5 Å². The molecule has 0 spiro atoms. The summed E-state index contributed by atoms with van der Waals surface area (Å²) in [7, 11) is 0. The zero-order valence-electron chi connectivity index (χ0n) is 27.4. The summed E-state index contributed by atoms with van der Waals surface area (Å²) in [6.07, 6.45) is 0.842. The predicted octanol–water partition coefficient (Wildman–Crippen LogP) is 8.16. The van der Waals surface area contributed by atoms with Gasteiger partial charge in [0.05, 0.1) is 23.7 Å². The van der Waals surface area contributed by atoms with Gasteiger partial charge in [-0.15, -0.1) is 0 Å². The van der Waals surface area contributed by atoms with Crippen molar-refractivity contribution in [2.45, 2.75) is 73.6 Å². The maximum atomic E-state index is 12.5. The summed E-state index contributed by atoms with van der Waals surface area (Å²) in [6.45, 7) is 15.7. The number of carbonyl (C=O) groups is 1. The van der Waals surface area contributed by atoms with Gasteiger partial charge < -0.3 is 13.9 Å². The highest BCUT2D eigenvalue weighted by molar-refractivity contribution is 6.04. The average molecular weight is 606 g/mol. The Bertz CT molecular complexity index is 1700. The van der Waals surface area contributed by atoms with Gasteiger partial charge in [-0.05, 0) is 88.4 Å². The van der Waals surface area contributed by atoms with Crippen LogP contribution in [0.4, 0.5) is 0 Å². The minimum Gasteiger partial charge on any atom is -0.476 e. The molecule has 0 unspecified atom stereocenters. The average Bonchev–Trinajstić information content (AvgIpc) is 3.57. The fraction of sp³-hybridized carbons (Fsp3) is 0.342. The van der Waals surface area contributed by atoms with Gasteiger partial charge in [0.15, 0.2) is 5.60 Å². The van der Waals surface area contributed by atoms with E-state index in [4.69, 9.17) is 23.9 Å². The van der Waals surface area contributed by atoms with E-state index in [0.717, 1.165) is 57.1 Å². The minimum absolute atomic E-state index is 0.309. The van der Waals surface area contributed by atoms with Crippen LogP contribution in [0, 0.1) is 20.8 Å². The summed E-state index contributed by atoms with van der Waals surface area (Å²) < 4.78 is 17.6. The molecule has 0 bridgehead atoms. The summed E-state index contributed by atoms with van der Waals surface area (Å²) in [5, 5.41) is 0. The lowest BCUT2D eigenvalue weighted by molar-refractivity contribution is -0.158. The molecular weight excluding hydrogens is 562 g/mol. The number of benzene rings is 3. The Labute approximate surface area is 266 Å². The third kappa shape index (κ3) is 7.60. The van der Waals surface area contributed by atoms with Crippen molar-refractivity contribution in [1.82, 2.24) is 9.88 Å². The van der Waals surface area contributed by atoms with Crippen LogP contribution >= 0.6 is 0 Å². The largest absolute Gasteiger partial charge is 0.476 e. The van der Waals surface area contributed by atoms with Crippen molar-refractivity contribution in [2.75, 3.05) is 13.2 Å². The van der Waals surface area contributed by atoms with Gasteiger partial charge in [-0.2, -0.15) is 0 Å². The highest BCUT2D eigenvalue weighted by Gasteiger charge is 2.33. The molecule has 2 heterocycles. The van der Waals surface area contributed by atoms with Crippen LogP contribution in [0.5, 0.6) is 5.75 Å². The summed E-state index contributed by atoms with van der Waals surface area (Å²) in [4.78, 5) is 24.9. The number of aromatic nitrogens is 1. The second-order valence-corrected chi connectivity index (χ2v) is 12.3. The molecule has 5 rings (SSSR count). The highest BCUT2D eigenvalue weighted by atomic mass is 16.6. The molecule has 0 saturated heterocycles. The molecule has 1 aliphatic rings. The topological polar surface area (TPSA) is 77.2 Å². The van der Waals surface area contributed by atoms with Crippen molar-refractivity contribution in [3.8, 4) is 17.2 Å². The molecule has 0 amide bonds. The summed E-state index contributed by atoms with van der Waals surface area (Å²) in [5.74, 6) is 1.75. The molecule has 234 valence electrons. The van der Waals surface area contributed by atoms with Crippen molar-refractivity contribution >= 4 is 11.7 Å². The molecule has 0 radical (unpaired) electrons. The number of nitrogens with zero attached hydrogens (tertiary/aromatic N) is 3. The van der Waals surface area contributed by atoms with Gasteiger partial charge in [-0.25, -0.2) is 9.78 Å². The quantitative estimate of drug-likeness (QED) is 0.152. The Hall–Kier alpha value is -4.49. The first-order valence-corrected chi connectivity index (χ1v) is 15.6. The fourth-order valence-corrected chi connectivity index (χ4v) is 5.64. The Morgan fingerprint density at radius 2 is 1.51 bits per heavy atom.